The van der Waals surface area contributed by atoms with E-state index in [1.165, 1.54) is 45.2 Å². The van der Waals surface area contributed by atoms with E-state index in [1.54, 1.807) is 11.3 Å². The molecule has 3 heteroatoms. The highest BCUT2D eigenvalue weighted by Crippen LogP contribution is 2.14. The zero-order valence-corrected chi connectivity index (χ0v) is 11.2. The van der Waals surface area contributed by atoms with Crippen molar-refractivity contribution in [2.24, 2.45) is 0 Å². The first kappa shape index (κ1) is 12.8. The largest absolute Gasteiger partial charge is 0.303 e. The lowest BCUT2D eigenvalue weighted by Gasteiger charge is -2.23. The minimum atomic E-state index is 0.307. The molecule has 0 atom stereocenters. The summed E-state index contributed by atoms with van der Waals surface area (Å²) in [5, 5.41) is 1.98. The van der Waals surface area contributed by atoms with Gasteiger partial charge in [0.05, 0.1) is 4.88 Å². The van der Waals surface area contributed by atoms with E-state index in [4.69, 9.17) is 0 Å². The van der Waals surface area contributed by atoms with Gasteiger partial charge in [-0.1, -0.05) is 25.3 Å². The fourth-order valence-corrected chi connectivity index (χ4v) is 3.05. The highest BCUT2D eigenvalue weighted by Gasteiger charge is 2.11. The SMILES string of the molecule is O=C(CCN1CCCCCCC1)c1cccs1. The van der Waals surface area contributed by atoms with Crippen LogP contribution in [0.15, 0.2) is 17.5 Å². The quantitative estimate of drug-likeness (QED) is 0.762. The second kappa shape index (κ2) is 6.92. The van der Waals surface area contributed by atoms with Crippen LogP contribution in [0.4, 0.5) is 0 Å². The third-order valence-electron chi connectivity index (χ3n) is 3.40. The van der Waals surface area contributed by atoms with Crippen LogP contribution >= 0.6 is 11.3 Å². The Balaban J connectivity index is 1.74. The molecule has 2 rings (SSSR count). The lowest BCUT2D eigenvalue weighted by Crippen LogP contribution is -2.29. The second-order valence-electron chi connectivity index (χ2n) is 4.76. The third kappa shape index (κ3) is 4.25. The Labute approximate surface area is 108 Å². The van der Waals surface area contributed by atoms with Gasteiger partial charge in [-0.2, -0.15) is 0 Å². The van der Waals surface area contributed by atoms with Gasteiger partial charge < -0.3 is 4.90 Å². The van der Waals surface area contributed by atoms with Crippen molar-refractivity contribution in [3.8, 4) is 0 Å². The third-order valence-corrected chi connectivity index (χ3v) is 4.31. The van der Waals surface area contributed by atoms with Gasteiger partial charge in [0.25, 0.3) is 0 Å². The van der Waals surface area contributed by atoms with Crippen LogP contribution in [0.25, 0.3) is 0 Å². The van der Waals surface area contributed by atoms with Crippen LogP contribution in [0.1, 0.15) is 48.2 Å². The first-order valence-corrected chi connectivity index (χ1v) is 7.53. The molecule has 0 saturated carbocycles. The van der Waals surface area contributed by atoms with Crippen LogP contribution in [-0.2, 0) is 0 Å². The molecule has 0 aliphatic carbocycles. The van der Waals surface area contributed by atoms with Crippen molar-refractivity contribution in [2.45, 2.75) is 38.5 Å². The first-order chi connectivity index (χ1) is 8.36. The van der Waals surface area contributed by atoms with E-state index >= 15 is 0 Å². The molecule has 0 spiro atoms. The molecule has 0 amide bonds. The predicted octanol–water partition coefficient (Wildman–Crippen LogP) is 3.59. The fraction of sp³-hybridized carbons (Fsp3) is 0.643. The van der Waals surface area contributed by atoms with Crippen molar-refractivity contribution in [3.05, 3.63) is 22.4 Å². The number of rotatable bonds is 4. The minimum absolute atomic E-state index is 0.307. The number of hydrogen-bond donors (Lipinski definition) is 0. The van der Waals surface area contributed by atoms with E-state index < -0.39 is 0 Å². The molecule has 0 bridgehead atoms. The molecule has 1 aliphatic rings. The van der Waals surface area contributed by atoms with Gasteiger partial charge in [0.15, 0.2) is 5.78 Å². The topological polar surface area (TPSA) is 20.3 Å². The molecule has 0 unspecified atom stereocenters. The second-order valence-corrected chi connectivity index (χ2v) is 5.71. The number of nitrogens with zero attached hydrogens (tertiary/aromatic N) is 1. The number of ketones is 1. The van der Waals surface area contributed by atoms with Crippen molar-refractivity contribution in [1.29, 1.82) is 0 Å². The molecule has 1 fully saturated rings. The lowest BCUT2D eigenvalue weighted by atomic mass is 10.1. The Morgan fingerprint density at radius 2 is 1.88 bits per heavy atom. The molecular weight excluding hydrogens is 230 g/mol. The van der Waals surface area contributed by atoms with Gasteiger partial charge in [-0.05, 0) is 37.4 Å². The van der Waals surface area contributed by atoms with Gasteiger partial charge in [0, 0.05) is 13.0 Å². The van der Waals surface area contributed by atoms with Crippen LogP contribution < -0.4 is 0 Å². The Morgan fingerprint density at radius 3 is 2.53 bits per heavy atom. The van der Waals surface area contributed by atoms with Gasteiger partial charge in [-0.3, -0.25) is 4.79 Å². The summed E-state index contributed by atoms with van der Waals surface area (Å²) in [7, 11) is 0. The van der Waals surface area contributed by atoms with Gasteiger partial charge in [-0.15, -0.1) is 11.3 Å². The molecule has 0 aromatic carbocycles. The number of likely N-dealkylation sites (tertiary alicyclic amines) is 1. The molecular formula is C14H21NOS. The van der Waals surface area contributed by atoms with Crippen LogP contribution in [0.2, 0.25) is 0 Å². The van der Waals surface area contributed by atoms with Gasteiger partial charge >= 0.3 is 0 Å². The summed E-state index contributed by atoms with van der Waals surface area (Å²) in [6.45, 7) is 3.30. The smallest absolute Gasteiger partial charge is 0.174 e. The van der Waals surface area contributed by atoms with Gasteiger partial charge in [0.1, 0.15) is 0 Å². The van der Waals surface area contributed by atoms with Crippen LogP contribution in [0.5, 0.6) is 0 Å². The highest BCUT2D eigenvalue weighted by atomic mass is 32.1. The highest BCUT2D eigenvalue weighted by molar-refractivity contribution is 7.12. The maximum atomic E-state index is 11.9. The van der Waals surface area contributed by atoms with E-state index in [-0.39, 0.29) is 0 Å². The normalized spacial score (nSPS) is 18.6. The van der Waals surface area contributed by atoms with Gasteiger partial charge in [-0.25, -0.2) is 0 Å². The molecule has 17 heavy (non-hydrogen) atoms. The summed E-state index contributed by atoms with van der Waals surface area (Å²) in [4.78, 5) is 15.3. The van der Waals surface area contributed by atoms with Crippen LogP contribution in [0, 0.1) is 0 Å². The first-order valence-electron chi connectivity index (χ1n) is 6.65. The molecule has 1 saturated heterocycles. The average molecular weight is 251 g/mol. The average Bonchev–Trinajstić information content (AvgIpc) is 2.80. The molecule has 0 radical (unpaired) electrons. The van der Waals surface area contributed by atoms with Crippen molar-refractivity contribution in [3.63, 3.8) is 0 Å². The molecule has 2 nitrogen and oxygen atoms in total. The van der Waals surface area contributed by atoms with E-state index in [0.717, 1.165) is 11.4 Å². The number of thiophene rings is 1. The van der Waals surface area contributed by atoms with Crippen LogP contribution in [-0.4, -0.2) is 30.3 Å². The number of carbonyl (C=O) groups is 1. The molecule has 94 valence electrons. The van der Waals surface area contributed by atoms with E-state index in [0.29, 0.717) is 12.2 Å². The number of hydrogen-bond acceptors (Lipinski definition) is 3. The molecule has 1 aliphatic heterocycles. The Bertz CT molecular complexity index is 326. The van der Waals surface area contributed by atoms with Crippen molar-refractivity contribution >= 4 is 17.1 Å². The number of carbonyl (C=O) groups excluding carboxylic acids is 1. The monoisotopic (exact) mass is 251 g/mol. The zero-order valence-electron chi connectivity index (χ0n) is 10.4. The van der Waals surface area contributed by atoms with E-state index in [2.05, 4.69) is 4.90 Å². The van der Waals surface area contributed by atoms with Crippen molar-refractivity contribution < 1.29 is 4.79 Å². The summed E-state index contributed by atoms with van der Waals surface area (Å²) in [5.74, 6) is 0.307. The minimum Gasteiger partial charge on any atom is -0.303 e. The van der Waals surface area contributed by atoms with E-state index in [1.807, 2.05) is 17.5 Å². The number of Topliss-reactive ketones (excluding diaryl/α,β-unsaturated/α-hetero) is 1. The maximum absolute atomic E-state index is 11.9. The van der Waals surface area contributed by atoms with Crippen molar-refractivity contribution in [2.75, 3.05) is 19.6 Å². The molecule has 2 heterocycles. The summed E-state index contributed by atoms with van der Waals surface area (Å²) in [6.07, 6.45) is 7.38. The molecule has 0 N–H and O–H groups in total. The summed E-state index contributed by atoms with van der Waals surface area (Å²) in [5.41, 5.74) is 0. The van der Waals surface area contributed by atoms with Gasteiger partial charge in [0.2, 0.25) is 0 Å². The lowest BCUT2D eigenvalue weighted by molar-refractivity contribution is 0.0966. The zero-order chi connectivity index (χ0) is 11.9. The standard InChI is InChI=1S/C14H21NOS/c16-13(14-7-6-12-17-14)8-11-15-9-4-2-1-3-5-10-15/h6-7,12H,1-5,8-11H2. The molecule has 1 aromatic heterocycles. The summed E-state index contributed by atoms with van der Waals surface area (Å²) in [6, 6.07) is 3.88. The Hall–Kier alpha value is -0.670. The predicted molar refractivity (Wildman–Crippen MR) is 72.8 cm³/mol. The molecule has 1 aromatic rings. The Morgan fingerprint density at radius 1 is 1.18 bits per heavy atom. The summed E-state index contributed by atoms with van der Waals surface area (Å²) >= 11 is 1.56. The maximum Gasteiger partial charge on any atom is 0.174 e. The Kier molecular flexibility index (Phi) is 5.20. The summed E-state index contributed by atoms with van der Waals surface area (Å²) < 4.78 is 0. The fourth-order valence-electron chi connectivity index (χ4n) is 2.36. The van der Waals surface area contributed by atoms with E-state index in [9.17, 15) is 4.79 Å². The van der Waals surface area contributed by atoms with Crippen molar-refractivity contribution in [1.82, 2.24) is 4.90 Å². The van der Waals surface area contributed by atoms with Crippen LogP contribution in [0.3, 0.4) is 0 Å².